The quantitative estimate of drug-likeness (QED) is 0.753. The van der Waals surface area contributed by atoms with E-state index in [4.69, 9.17) is 5.14 Å². The molecule has 1 aliphatic heterocycles. The smallest absolute Gasteiger partial charge is 0.255 e. The van der Waals surface area contributed by atoms with E-state index in [9.17, 15) is 21.6 Å². The number of nitrogens with zero attached hydrogens (tertiary/aromatic N) is 1. The van der Waals surface area contributed by atoms with E-state index < -0.39 is 26.0 Å². The highest BCUT2D eigenvalue weighted by atomic mass is 32.2. The normalized spacial score (nSPS) is 14.0. The zero-order chi connectivity index (χ0) is 20.7. The Kier molecular flexibility index (Phi) is 5.22. The maximum atomic E-state index is 12.6. The summed E-state index contributed by atoms with van der Waals surface area (Å²) in [5.74, 6) is -0.426. The van der Waals surface area contributed by atoms with E-state index in [0.717, 1.165) is 11.8 Å². The van der Waals surface area contributed by atoms with Crippen molar-refractivity contribution in [3.63, 3.8) is 0 Å². The Morgan fingerprint density at radius 2 is 1.86 bits per heavy atom. The van der Waals surface area contributed by atoms with E-state index in [1.54, 1.807) is 30.3 Å². The Morgan fingerprint density at radius 1 is 1.14 bits per heavy atom. The van der Waals surface area contributed by atoms with Crippen molar-refractivity contribution in [2.24, 2.45) is 5.14 Å². The number of carbonyl (C=O) groups excluding carboxylic acids is 1. The number of hydrogen-bond donors (Lipinski definition) is 2. The van der Waals surface area contributed by atoms with Crippen molar-refractivity contribution in [2.75, 3.05) is 22.4 Å². The second-order valence-electron chi connectivity index (χ2n) is 6.60. The molecule has 28 heavy (non-hydrogen) atoms. The molecule has 2 aromatic carbocycles. The molecule has 0 spiro atoms. The van der Waals surface area contributed by atoms with Gasteiger partial charge < -0.3 is 5.32 Å². The molecule has 3 N–H and O–H groups in total. The highest BCUT2D eigenvalue weighted by Crippen LogP contribution is 2.31. The summed E-state index contributed by atoms with van der Waals surface area (Å²) in [5.41, 5.74) is 2.57. The van der Waals surface area contributed by atoms with Crippen molar-refractivity contribution in [3.05, 3.63) is 53.1 Å². The first kappa shape index (κ1) is 20.3. The molecule has 150 valence electrons. The highest BCUT2D eigenvalue weighted by Gasteiger charge is 2.26. The van der Waals surface area contributed by atoms with Gasteiger partial charge in [0.2, 0.25) is 20.0 Å². The lowest BCUT2D eigenvalue weighted by molar-refractivity contribution is 0.102. The summed E-state index contributed by atoms with van der Waals surface area (Å²) in [4.78, 5) is 12.6. The number of primary sulfonamides is 1. The number of amides is 1. The maximum Gasteiger partial charge on any atom is 0.255 e. The molecule has 0 saturated heterocycles. The molecule has 0 bridgehead atoms. The van der Waals surface area contributed by atoms with Crippen LogP contribution >= 0.6 is 0 Å². The van der Waals surface area contributed by atoms with Crippen LogP contribution in [0, 0.1) is 0 Å². The average Bonchev–Trinajstić information content (AvgIpc) is 3.04. The van der Waals surface area contributed by atoms with E-state index in [-0.39, 0.29) is 4.90 Å². The summed E-state index contributed by atoms with van der Waals surface area (Å²) >= 11 is 0. The Morgan fingerprint density at radius 3 is 2.46 bits per heavy atom. The van der Waals surface area contributed by atoms with Gasteiger partial charge in [-0.25, -0.2) is 22.0 Å². The minimum absolute atomic E-state index is 0.0226. The van der Waals surface area contributed by atoms with Crippen LogP contribution in [0.2, 0.25) is 0 Å². The Labute approximate surface area is 164 Å². The predicted molar refractivity (Wildman–Crippen MR) is 107 cm³/mol. The lowest BCUT2D eigenvalue weighted by Gasteiger charge is -2.16. The molecule has 0 aromatic heterocycles. The number of carbonyl (C=O) groups is 1. The fourth-order valence-corrected chi connectivity index (χ4v) is 5.08. The molecule has 0 unspecified atom stereocenters. The Balaban J connectivity index is 1.87. The van der Waals surface area contributed by atoms with E-state index in [2.05, 4.69) is 5.32 Å². The molecule has 0 aliphatic carbocycles. The van der Waals surface area contributed by atoms with Crippen molar-refractivity contribution in [2.45, 2.75) is 24.7 Å². The molecule has 10 heteroatoms. The van der Waals surface area contributed by atoms with Gasteiger partial charge in [0.25, 0.3) is 5.91 Å². The van der Waals surface area contributed by atoms with Gasteiger partial charge in [-0.05, 0) is 54.3 Å². The zero-order valence-corrected chi connectivity index (χ0v) is 17.1. The van der Waals surface area contributed by atoms with Crippen LogP contribution in [0.3, 0.4) is 0 Å². The number of fused-ring (bicyclic) bond motifs is 1. The number of rotatable bonds is 5. The molecule has 1 aliphatic rings. The van der Waals surface area contributed by atoms with Gasteiger partial charge in [-0.2, -0.15) is 0 Å². The third-order valence-corrected chi connectivity index (χ3v) is 6.78. The molecule has 0 fully saturated rings. The van der Waals surface area contributed by atoms with Crippen LogP contribution in [-0.2, 0) is 32.9 Å². The minimum atomic E-state index is -3.91. The molecular formula is C18H21N3O5S2. The van der Waals surface area contributed by atoms with Crippen LogP contribution in [0.1, 0.15) is 28.4 Å². The van der Waals surface area contributed by atoms with Gasteiger partial charge in [-0.1, -0.05) is 13.0 Å². The molecule has 0 saturated carbocycles. The van der Waals surface area contributed by atoms with Crippen LogP contribution < -0.4 is 14.8 Å². The first-order valence-corrected chi connectivity index (χ1v) is 12.0. The lowest BCUT2D eigenvalue weighted by atomic mass is 10.1. The first-order valence-electron chi connectivity index (χ1n) is 8.58. The van der Waals surface area contributed by atoms with Crippen LogP contribution in [0.25, 0.3) is 0 Å². The zero-order valence-electron chi connectivity index (χ0n) is 15.5. The van der Waals surface area contributed by atoms with Gasteiger partial charge in [0.1, 0.15) is 0 Å². The molecular weight excluding hydrogens is 402 g/mol. The molecule has 0 radical (unpaired) electrons. The Hall–Kier alpha value is -2.43. The van der Waals surface area contributed by atoms with E-state index in [1.165, 1.54) is 10.4 Å². The molecule has 1 heterocycles. The molecule has 1 amide bonds. The number of benzene rings is 2. The van der Waals surface area contributed by atoms with Crippen molar-refractivity contribution in [1.82, 2.24) is 0 Å². The number of aryl methyl sites for hydroxylation is 1. The second-order valence-corrected chi connectivity index (χ2v) is 10.0. The average molecular weight is 424 g/mol. The number of nitrogens with one attached hydrogen (secondary N) is 1. The van der Waals surface area contributed by atoms with Gasteiger partial charge in [0.05, 0.1) is 16.8 Å². The van der Waals surface area contributed by atoms with E-state index in [0.29, 0.717) is 41.9 Å². The van der Waals surface area contributed by atoms with Crippen molar-refractivity contribution in [3.8, 4) is 0 Å². The standard InChI is InChI=1S/C18H21N3O5S2/c1-3-12-4-6-15(11-17(12)28(19,25)26)20-18(22)14-5-7-16-13(10-14)8-9-21(16)27(2,23)24/h4-7,10-11H,3,8-9H2,1-2H3,(H,20,22)(H2,19,25,26). The van der Waals surface area contributed by atoms with Crippen molar-refractivity contribution >= 4 is 37.3 Å². The molecule has 2 aromatic rings. The van der Waals surface area contributed by atoms with E-state index in [1.807, 2.05) is 6.92 Å². The van der Waals surface area contributed by atoms with Crippen molar-refractivity contribution < 1.29 is 21.6 Å². The van der Waals surface area contributed by atoms with Crippen LogP contribution in [0.15, 0.2) is 41.3 Å². The number of sulfonamides is 2. The Bertz CT molecular complexity index is 1160. The molecule has 3 rings (SSSR count). The van der Waals surface area contributed by atoms with Gasteiger partial charge in [0, 0.05) is 17.8 Å². The SMILES string of the molecule is CCc1ccc(NC(=O)c2ccc3c(c2)CCN3S(C)(=O)=O)cc1S(N)(=O)=O. The maximum absolute atomic E-state index is 12.6. The largest absolute Gasteiger partial charge is 0.322 e. The number of nitrogens with two attached hydrogens (primary N) is 1. The van der Waals surface area contributed by atoms with Gasteiger partial charge in [-0.3, -0.25) is 9.10 Å². The second kappa shape index (κ2) is 7.19. The summed E-state index contributed by atoms with van der Waals surface area (Å²) < 4.78 is 48.5. The van der Waals surface area contributed by atoms with Crippen LogP contribution in [0.5, 0.6) is 0 Å². The summed E-state index contributed by atoms with van der Waals surface area (Å²) in [6.07, 6.45) is 2.15. The van der Waals surface area contributed by atoms with Gasteiger partial charge in [-0.15, -0.1) is 0 Å². The third kappa shape index (κ3) is 4.03. The van der Waals surface area contributed by atoms with Crippen LogP contribution in [-0.4, -0.2) is 35.5 Å². The predicted octanol–water partition coefficient (Wildman–Crippen LogP) is 1.47. The molecule has 8 nitrogen and oxygen atoms in total. The summed E-state index contributed by atoms with van der Waals surface area (Å²) in [6, 6.07) is 9.36. The molecule has 0 atom stereocenters. The first-order chi connectivity index (χ1) is 13.0. The van der Waals surface area contributed by atoms with Gasteiger partial charge >= 0.3 is 0 Å². The third-order valence-electron chi connectivity index (χ3n) is 4.61. The van der Waals surface area contributed by atoms with Crippen molar-refractivity contribution in [1.29, 1.82) is 0 Å². The summed E-state index contributed by atoms with van der Waals surface area (Å²) in [7, 11) is -7.27. The fraction of sp³-hybridized carbons (Fsp3) is 0.278. The lowest BCUT2D eigenvalue weighted by Crippen LogP contribution is -2.27. The number of anilines is 2. The topological polar surface area (TPSA) is 127 Å². The fourth-order valence-electron chi connectivity index (χ4n) is 3.25. The van der Waals surface area contributed by atoms with Gasteiger partial charge in [0.15, 0.2) is 0 Å². The minimum Gasteiger partial charge on any atom is -0.322 e. The van der Waals surface area contributed by atoms with Crippen LogP contribution in [0.4, 0.5) is 11.4 Å². The summed E-state index contributed by atoms with van der Waals surface area (Å²) in [5, 5.41) is 7.92. The number of hydrogen-bond acceptors (Lipinski definition) is 5. The summed E-state index contributed by atoms with van der Waals surface area (Å²) in [6.45, 7) is 2.15. The highest BCUT2D eigenvalue weighted by molar-refractivity contribution is 7.92. The van der Waals surface area contributed by atoms with E-state index >= 15 is 0 Å². The monoisotopic (exact) mass is 423 g/mol.